The van der Waals surface area contributed by atoms with Crippen LogP contribution in [-0.4, -0.2) is 54.1 Å². The second kappa shape index (κ2) is 13.2. The molecular weight excluding hydrogens is 617 g/mol. The first-order chi connectivity index (χ1) is 21.5. The molecule has 252 valence electrons. The Hall–Kier alpha value is -3.12. The third-order valence-corrected chi connectivity index (χ3v) is 9.54. The fourth-order valence-corrected chi connectivity index (χ4v) is 7.35. The van der Waals surface area contributed by atoms with Crippen LogP contribution >= 0.6 is 11.8 Å². The number of anilines is 3. The molecule has 2 aromatic carbocycles. The second-order valence-electron chi connectivity index (χ2n) is 14.4. The van der Waals surface area contributed by atoms with Crippen molar-refractivity contribution in [1.29, 1.82) is 0 Å². The van der Waals surface area contributed by atoms with E-state index in [-0.39, 0.29) is 12.0 Å². The molecule has 3 aliphatic rings. The largest absolute Gasteiger partial charge is 0.444 e. The number of nitrogens with one attached hydrogen (secondary N) is 1. The fourth-order valence-electron chi connectivity index (χ4n) is 6.22. The molecule has 8 nitrogen and oxygen atoms in total. The Balaban J connectivity index is 1.39. The molecule has 0 spiro atoms. The van der Waals surface area contributed by atoms with Crippen molar-refractivity contribution in [3.8, 4) is 0 Å². The molecule has 0 radical (unpaired) electrons. The minimum Gasteiger partial charge on any atom is -0.444 e. The number of alkyl halides is 3. The Morgan fingerprint density at radius 3 is 2.22 bits per heavy atom. The molecule has 12 heteroatoms. The number of carbonyl (C=O) groups is 2. The maximum Gasteiger partial charge on any atom is 0.438 e. The van der Waals surface area contributed by atoms with Gasteiger partial charge in [0.25, 0.3) is 0 Å². The summed E-state index contributed by atoms with van der Waals surface area (Å²) in [5, 5.41) is 4.66. The highest BCUT2D eigenvalue weighted by Gasteiger charge is 2.38. The molecule has 2 fully saturated rings. The summed E-state index contributed by atoms with van der Waals surface area (Å²) < 4.78 is 46.6. The van der Waals surface area contributed by atoms with Crippen LogP contribution in [0.15, 0.2) is 46.2 Å². The third kappa shape index (κ3) is 8.23. The predicted octanol–water partition coefficient (Wildman–Crippen LogP) is 9.14. The fraction of sp³-hybridized carbons (Fsp3) is 0.588. The van der Waals surface area contributed by atoms with Crippen molar-refractivity contribution in [3.63, 3.8) is 0 Å². The van der Waals surface area contributed by atoms with E-state index in [1.54, 1.807) is 5.06 Å². The molecule has 2 amide bonds. The molecule has 2 atom stereocenters. The molecule has 1 aliphatic carbocycles. The number of carbonyl (C=O) groups excluding carboxylic acids is 2. The van der Waals surface area contributed by atoms with Gasteiger partial charge in [0.1, 0.15) is 5.60 Å². The number of fused-ring (bicyclic) bond motifs is 2. The second-order valence-corrected chi connectivity index (χ2v) is 15.5. The Kier molecular flexibility index (Phi) is 9.80. The number of rotatable bonds is 5. The number of hydrogen-bond donors (Lipinski definition) is 1. The van der Waals surface area contributed by atoms with Gasteiger partial charge in [-0.3, -0.25) is 0 Å². The van der Waals surface area contributed by atoms with Crippen LogP contribution in [0.4, 0.5) is 39.8 Å². The molecule has 1 saturated heterocycles. The van der Waals surface area contributed by atoms with E-state index in [0.29, 0.717) is 34.1 Å². The van der Waals surface area contributed by atoms with Crippen molar-refractivity contribution < 1.29 is 32.3 Å². The van der Waals surface area contributed by atoms with Crippen molar-refractivity contribution in [2.75, 3.05) is 29.4 Å². The number of ether oxygens (including phenoxy) is 1. The first-order valence-electron chi connectivity index (χ1n) is 16.1. The van der Waals surface area contributed by atoms with Gasteiger partial charge in [0.2, 0.25) is 0 Å². The summed E-state index contributed by atoms with van der Waals surface area (Å²) >= 11 is 1.23. The molecule has 2 heterocycles. The van der Waals surface area contributed by atoms with Crippen molar-refractivity contribution in [1.82, 2.24) is 10.4 Å². The van der Waals surface area contributed by atoms with Crippen LogP contribution in [0.1, 0.15) is 85.6 Å². The highest BCUT2D eigenvalue weighted by Crippen LogP contribution is 2.51. The lowest BCUT2D eigenvalue weighted by molar-refractivity contribution is -0.165. The van der Waals surface area contributed by atoms with E-state index in [1.165, 1.54) is 22.7 Å². The molecule has 1 saturated carbocycles. The standard InChI is InChI=1S/C34H45F3N4O4S/c1-32(2,3)40(21-22-10-9-11-24(18-22)38-30(42)44-33(4,5)6)45-31(43)41-26-14-12-23(34(35,36)37)19-28(26)46-29-20-25(13-15-27(29)41)39-16-7-8-17-39/h12-15,19-20,22,24H,7-11,16-18,21H2,1-6H3,(H,38,42). The van der Waals surface area contributed by atoms with E-state index in [1.807, 2.05) is 59.7 Å². The third-order valence-electron chi connectivity index (χ3n) is 8.45. The average molecular weight is 663 g/mol. The summed E-state index contributed by atoms with van der Waals surface area (Å²) in [6.45, 7) is 13.6. The van der Waals surface area contributed by atoms with Gasteiger partial charge in [-0.2, -0.15) is 13.2 Å². The van der Waals surface area contributed by atoms with Crippen LogP contribution in [0, 0.1) is 5.92 Å². The van der Waals surface area contributed by atoms with E-state index in [0.717, 1.165) is 63.0 Å². The summed E-state index contributed by atoms with van der Waals surface area (Å²) in [7, 11) is 0. The van der Waals surface area contributed by atoms with Gasteiger partial charge in [-0.05, 0) is 116 Å². The monoisotopic (exact) mass is 662 g/mol. The SMILES string of the molecule is CC(C)(C)OC(=O)NC1CCCC(CN(OC(=O)N2c3ccc(N4CCCC4)cc3Sc3cc(C(F)(F)F)ccc32)C(C)(C)C)C1. The van der Waals surface area contributed by atoms with Crippen molar-refractivity contribution in [2.24, 2.45) is 5.92 Å². The summed E-state index contributed by atoms with van der Waals surface area (Å²) in [6.07, 6.45) is -0.130. The number of amides is 2. The van der Waals surface area contributed by atoms with E-state index in [4.69, 9.17) is 9.57 Å². The van der Waals surface area contributed by atoms with Crippen LogP contribution in [-0.2, 0) is 15.8 Å². The quantitative estimate of drug-likeness (QED) is 0.320. The zero-order valence-corrected chi connectivity index (χ0v) is 28.3. The summed E-state index contributed by atoms with van der Waals surface area (Å²) in [4.78, 5) is 37.4. The van der Waals surface area contributed by atoms with Gasteiger partial charge in [-0.25, -0.2) is 14.5 Å². The van der Waals surface area contributed by atoms with Crippen LogP contribution in [0.2, 0.25) is 0 Å². The van der Waals surface area contributed by atoms with Crippen LogP contribution in [0.5, 0.6) is 0 Å². The van der Waals surface area contributed by atoms with Crippen molar-refractivity contribution >= 4 is 41.0 Å². The number of nitrogens with zero attached hydrogens (tertiary/aromatic N) is 3. The molecule has 2 unspecified atom stereocenters. The van der Waals surface area contributed by atoms with E-state index >= 15 is 0 Å². The Morgan fingerprint density at radius 2 is 1.59 bits per heavy atom. The van der Waals surface area contributed by atoms with E-state index in [2.05, 4.69) is 10.2 Å². The highest BCUT2D eigenvalue weighted by molar-refractivity contribution is 7.99. The van der Waals surface area contributed by atoms with Crippen molar-refractivity contribution in [3.05, 3.63) is 42.0 Å². The normalized spacial score (nSPS) is 20.3. The van der Waals surface area contributed by atoms with E-state index < -0.39 is 35.1 Å². The van der Waals surface area contributed by atoms with Gasteiger partial charge in [-0.15, -0.1) is 5.06 Å². The number of hydroxylamine groups is 2. The van der Waals surface area contributed by atoms with E-state index in [9.17, 15) is 22.8 Å². The molecular formula is C34H45F3N4O4S. The van der Waals surface area contributed by atoms with Crippen LogP contribution in [0.25, 0.3) is 0 Å². The number of benzene rings is 2. The Morgan fingerprint density at radius 1 is 0.935 bits per heavy atom. The Bertz CT molecular complexity index is 1430. The molecule has 1 N–H and O–H groups in total. The minimum absolute atomic E-state index is 0.0587. The van der Waals surface area contributed by atoms with Crippen LogP contribution in [0.3, 0.4) is 0 Å². The lowest BCUT2D eigenvalue weighted by Crippen LogP contribution is -2.49. The van der Waals surface area contributed by atoms with Crippen molar-refractivity contribution in [2.45, 2.75) is 113 Å². The first-order valence-corrected chi connectivity index (χ1v) is 16.9. The van der Waals surface area contributed by atoms with Gasteiger partial charge in [-0.1, -0.05) is 18.2 Å². The summed E-state index contributed by atoms with van der Waals surface area (Å²) in [6, 6.07) is 9.17. The highest BCUT2D eigenvalue weighted by atomic mass is 32.2. The maximum atomic E-state index is 14.1. The lowest BCUT2D eigenvalue weighted by Gasteiger charge is -2.40. The van der Waals surface area contributed by atoms with Crippen LogP contribution < -0.4 is 15.1 Å². The van der Waals surface area contributed by atoms with Gasteiger partial charge >= 0.3 is 18.4 Å². The lowest BCUT2D eigenvalue weighted by atomic mass is 9.85. The topological polar surface area (TPSA) is 74.3 Å². The zero-order chi connectivity index (χ0) is 33.4. The molecule has 0 aromatic heterocycles. The van der Waals surface area contributed by atoms with Gasteiger partial charge in [0.05, 0.1) is 16.9 Å². The molecule has 2 aromatic rings. The number of halogens is 3. The van der Waals surface area contributed by atoms with Gasteiger partial charge in [0.15, 0.2) is 0 Å². The predicted molar refractivity (Wildman–Crippen MR) is 174 cm³/mol. The molecule has 0 bridgehead atoms. The number of alkyl carbamates (subject to hydrolysis) is 1. The summed E-state index contributed by atoms with van der Waals surface area (Å²) in [5.41, 5.74) is -0.0400. The zero-order valence-electron chi connectivity index (χ0n) is 27.5. The Labute approximate surface area is 273 Å². The molecule has 5 rings (SSSR count). The number of hydrogen-bond acceptors (Lipinski definition) is 7. The van der Waals surface area contributed by atoms with Gasteiger partial charge < -0.3 is 19.8 Å². The molecule has 46 heavy (non-hydrogen) atoms. The molecule has 2 aliphatic heterocycles. The summed E-state index contributed by atoms with van der Waals surface area (Å²) in [5.74, 6) is 0.134. The van der Waals surface area contributed by atoms with Gasteiger partial charge in [0, 0.05) is 46.7 Å². The smallest absolute Gasteiger partial charge is 0.438 e. The maximum absolute atomic E-state index is 14.1. The minimum atomic E-state index is -4.52. The first kappa shape index (κ1) is 34.2. The average Bonchev–Trinajstić information content (AvgIpc) is 3.48.